The standard InChI is InChI=1S/C9H12N4O/c1-4-6-5(2)12-13(3)8(6)11-9(14)7(4)10/h10H2,1-3H3,(H,11,14). The molecule has 0 spiro atoms. The van der Waals surface area contributed by atoms with E-state index in [4.69, 9.17) is 5.73 Å². The summed E-state index contributed by atoms with van der Waals surface area (Å²) >= 11 is 0. The first kappa shape index (κ1) is 8.80. The Labute approximate surface area is 80.5 Å². The van der Waals surface area contributed by atoms with E-state index in [1.807, 2.05) is 13.8 Å². The Bertz CT molecular complexity index is 564. The first-order valence-corrected chi connectivity index (χ1v) is 4.34. The normalized spacial score (nSPS) is 11.1. The van der Waals surface area contributed by atoms with Gasteiger partial charge in [-0.05, 0) is 19.4 Å². The lowest BCUT2D eigenvalue weighted by molar-refractivity contribution is 0.772. The summed E-state index contributed by atoms with van der Waals surface area (Å²) in [6.45, 7) is 3.73. The molecule has 0 radical (unpaired) electrons. The number of hydrogen-bond acceptors (Lipinski definition) is 3. The molecular formula is C9H12N4O. The van der Waals surface area contributed by atoms with Gasteiger partial charge in [0.15, 0.2) is 0 Å². The van der Waals surface area contributed by atoms with E-state index in [2.05, 4.69) is 10.1 Å². The maximum absolute atomic E-state index is 11.4. The highest BCUT2D eigenvalue weighted by molar-refractivity contribution is 5.85. The van der Waals surface area contributed by atoms with Gasteiger partial charge in [0.25, 0.3) is 5.56 Å². The summed E-state index contributed by atoms with van der Waals surface area (Å²) in [5, 5.41) is 5.16. The van der Waals surface area contributed by atoms with Crippen LogP contribution in [-0.4, -0.2) is 14.8 Å². The van der Waals surface area contributed by atoms with Crippen LogP contribution in [0.5, 0.6) is 0 Å². The molecule has 74 valence electrons. The number of pyridine rings is 1. The van der Waals surface area contributed by atoms with Crippen LogP contribution < -0.4 is 11.3 Å². The first-order valence-electron chi connectivity index (χ1n) is 4.34. The number of aromatic amines is 1. The molecular weight excluding hydrogens is 180 g/mol. The maximum Gasteiger partial charge on any atom is 0.272 e. The minimum absolute atomic E-state index is 0.252. The number of fused-ring (bicyclic) bond motifs is 1. The molecule has 0 atom stereocenters. The molecule has 5 heteroatoms. The predicted octanol–water partition coefficient (Wildman–Crippen LogP) is 0.461. The van der Waals surface area contributed by atoms with Crippen molar-refractivity contribution in [2.24, 2.45) is 7.05 Å². The molecule has 14 heavy (non-hydrogen) atoms. The molecule has 0 amide bonds. The van der Waals surface area contributed by atoms with Crippen LogP contribution in [0, 0.1) is 13.8 Å². The van der Waals surface area contributed by atoms with E-state index in [9.17, 15) is 4.79 Å². The summed E-state index contributed by atoms with van der Waals surface area (Å²) in [6, 6.07) is 0. The molecule has 3 N–H and O–H groups in total. The third-order valence-electron chi connectivity index (χ3n) is 2.48. The van der Waals surface area contributed by atoms with Crippen molar-refractivity contribution in [2.45, 2.75) is 13.8 Å². The number of anilines is 1. The second-order valence-electron chi connectivity index (χ2n) is 3.43. The van der Waals surface area contributed by atoms with Gasteiger partial charge in [-0.1, -0.05) is 0 Å². The van der Waals surface area contributed by atoms with Crippen LogP contribution in [0.4, 0.5) is 5.69 Å². The van der Waals surface area contributed by atoms with Crippen molar-refractivity contribution in [3.8, 4) is 0 Å². The second kappa shape index (κ2) is 2.60. The van der Waals surface area contributed by atoms with Crippen molar-refractivity contribution in [3.63, 3.8) is 0 Å². The number of nitrogens with two attached hydrogens (primary N) is 1. The van der Waals surface area contributed by atoms with Crippen LogP contribution in [0.1, 0.15) is 11.3 Å². The first-order chi connectivity index (χ1) is 6.52. The van der Waals surface area contributed by atoms with Crippen LogP contribution in [0.15, 0.2) is 4.79 Å². The summed E-state index contributed by atoms with van der Waals surface area (Å²) in [4.78, 5) is 14.1. The zero-order chi connectivity index (χ0) is 10.5. The van der Waals surface area contributed by atoms with Crippen molar-refractivity contribution in [2.75, 3.05) is 5.73 Å². The average Bonchev–Trinajstić information content (AvgIpc) is 2.38. The van der Waals surface area contributed by atoms with Crippen molar-refractivity contribution >= 4 is 16.7 Å². The Balaban J connectivity index is 3.09. The summed E-state index contributed by atoms with van der Waals surface area (Å²) < 4.78 is 1.65. The van der Waals surface area contributed by atoms with Crippen LogP contribution >= 0.6 is 0 Å². The van der Waals surface area contributed by atoms with Gasteiger partial charge in [-0.15, -0.1) is 0 Å². The second-order valence-corrected chi connectivity index (χ2v) is 3.43. The summed E-state index contributed by atoms with van der Waals surface area (Å²) in [5.74, 6) is 0. The van der Waals surface area contributed by atoms with E-state index in [-0.39, 0.29) is 11.2 Å². The lowest BCUT2D eigenvalue weighted by Crippen LogP contribution is -2.14. The lowest BCUT2D eigenvalue weighted by Gasteiger charge is -2.01. The quantitative estimate of drug-likeness (QED) is 0.636. The van der Waals surface area contributed by atoms with Gasteiger partial charge in [0.1, 0.15) is 11.3 Å². The highest BCUT2D eigenvalue weighted by Gasteiger charge is 2.12. The molecule has 2 heterocycles. The predicted molar refractivity (Wildman–Crippen MR) is 55.2 cm³/mol. The molecule has 0 unspecified atom stereocenters. The number of aromatic nitrogens is 3. The molecule has 0 bridgehead atoms. The Morgan fingerprint density at radius 1 is 1.43 bits per heavy atom. The number of rotatable bonds is 0. The summed E-state index contributed by atoms with van der Waals surface area (Å²) in [7, 11) is 1.79. The minimum Gasteiger partial charge on any atom is -0.394 e. The topological polar surface area (TPSA) is 76.7 Å². The Hall–Kier alpha value is -1.78. The van der Waals surface area contributed by atoms with E-state index in [1.54, 1.807) is 11.7 Å². The Kier molecular flexibility index (Phi) is 1.64. The van der Waals surface area contributed by atoms with E-state index in [0.717, 1.165) is 22.3 Å². The molecule has 0 aliphatic heterocycles. The van der Waals surface area contributed by atoms with Crippen LogP contribution in [0.3, 0.4) is 0 Å². The molecule has 0 aliphatic rings. The monoisotopic (exact) mass is 192 g/mol. The lowest BCUT2D eigenvalue weighted by atomic mass is 10.1. The van der Waals surface area contributed by atoms with E-state index < -0.39 is 0 Å². The fourth-order valence-corrected chi connectivity index (χ4v) is 1.73. The van der Waals surface area contributed by atoms with Crippen molar-refractivity contribution in [3.05, 3.63) is 21.6 Å². The molecule has 5 nitrogen and oxygen atoms in total. The SMILES string of the molecule is Cc1nn(C)c2[nH]c(=O)c(N)c(C)c12. The minimum atomic E-state index is -0.252. The van der Waals surface area contributed by atoms with Crippen LogP contribution in [0.2, 0.25) is 0 Å². The fourth-order valence-electron chi connectivity index (χ4n) is 1.73. The van der Waals surface area contributed by atoms with Gasteiger partial charge in [0.05, 0.1) is 5.69 Å². The third-order valence-corrected chi connectivity index (χ3v) is 2.48. The van der Waals surface area contributed by atoms with Crippen LogP contribution in [-0.2, 0) is 7.05 Å². The van der Waals surface area contributed by atoms with E-state index >= 15 is 0 Å². The largest absolute Gasteiger partial charge is 0.394 e. The number of hydrogen-bond donors (Lipinski definition) is 2. The molecule has 0 aliphatic carbocycles. The Morgan fingerprint density at radius 3 is 2.71 bits per heavy atom. The van der Waals surface area contributed by atoms with E-state index in [1.165, 1.54) is 0 Å². The smallest absolute Gasteiger partial charge is 0.272 e. The summed E-state index contributed by atoms with van der Waals surface area (Å²) in [6.07, 6.45) is 0. The molecule has 0 aromatic carbocycles. The van der Waals surface area contributed by atoms with Gasteiger partial charge in [0, 0.05) is 12.4 Å². The average molecular weight is 192 g/mol. The fraction of sp³-hybridized carbons (Fsp3) is 0.333. The van der Waals surface area contributed by atoms with Gasteiger partial charge in [-0.2, -0.15) is 5.10 Å². The number of H-pyrrole nitrogens is 1. The number of nitrogens with zero attached hydrogens (tertiary/aromatic N) is 2. The van der Waals surface area contributed by atoms with Crippen molar-refractivity contribution in [1.82, 2.24) is 14.8 Å². The zero-order valence-corrected chi connectivity index (χ0v) is 8.38. The van der Waals surface area contributed by atoms with E-state index in [0.29, 0.717) is 0 Å². The maximum atomic E-state index is 11.4. The van der Waals surface area contributed by atoms with Crippen molar-refractivity contribution < 1.29 is 0 Å². The van der Waals surface area contributed by atoms with Crippen molar-refractivity contribution in [1.29, 1.82) is 0 Å². The Morgan fingerprint density at radius 2 is 2.07 bits per heavy atom. The van der Waals surface area contributed by atoms with Crippen LogP contribution in [0.25, 0.3) is 11.0 Å². The van der Waals surface area contributed by atoms with Gasteiger partial charge in [0.2, 0.25) is 0 Å². The molecule has 0 saturated heterocycles. The molecule has 0 saturated carbocycles. The van der Waals surface area contributed by atoms with Gasteiger partial charge >= 0.3 is 0 Å². The number of nitrogens with one attached hydrogen (secondary N) is 1. The third kappa shape index (κ3) is 0.951. The molecule has 2 rings (SSSR count). The highest BCUT2D eigenvalue weighted by atomic mass is 16.1. The number of nitrogen functional groups attached to an aromatic ring is 1. The van der Waals surface area contributed by atoms with Gasteiger partial charge in [-0.3, -0.25) is 9.48 Å². The summed E-state index contributed by atoms with van der Waals surface area (Å²) in [5.41, 5.74) is 8.06. The highest BCUT2D eigenvalue weighted by Crippen LogP contribution is 2.20. The number of aryl methyl sites for hydroxylation is 3. The molecule has 2 aromatic rings. The van der Waals surface area contributed by atoms with Gasteiger partial charge < -0.3 is 10.7 Å². The van der Waals surface area contributed by atoms with Gasteiger partial charge in [-0.25, -0.2) is 0 Å². The zero-order valence-electron chi connectivity index (χ0n) is 8.38. The molecule has 2 aromatic heterocycles. The molecule has 0 fully saturated rings.